The molecule has 1 fully saturated rings. The number of anilines is 2. The van der Waals surface area contributed by atoms with Gasteiger partial charge in [-0.25, -0.2) is 4.98 Å². The average Bonchev–Trinajstić information content (AvgIpc) is 3.48. The van der Waals surface area contributed by atoms with E-state index >= 15 is 0 Å². The van der Waals surface area contributed by atoms with Crippen LogP contribution in [-0.4, -0.2) is 48.2 Å². The maximum atomic E-state index is 12.6. The second kappa shape index (κ2) is 10.3. The van der Waals surface area contributed by atoms with Crippen LogP contribution in [0.1, 0.15) is 29.7 Å². The van der Waals surface area contributed by atoms with E-state index in [9.17, 15) is 18.3 Å². The van der Waals surface area contributed by atoms with Crippen molar-refractivity contribution in [2.45, 2.75) is 35.6 Å². The van der Waals surface area contributed by atoms with Gasteiger partial charge in [0.25, 0.3) is 0 Å². The molecule has 2 N–H and O–H groups in total. The molecular formula is C24H27F3N4O2S. The van der Waals surface area contributed by atoms with Gasteiger partial charge in [-0.3, -0.25) is 0 Å². The molecule has 0 spiro atoms. The fourth-order valence-corrected chi connectivity index (χ4v) is 4.53. The van der Waals surface area contributed by atoms with Gasteiger partial charge in [0.1, 0.15) is 5.76 Å². The Balaban J connectivity index is 1.29. The second-order valence-electron chi connectivity index (χ2n) is 8.42. The SMILES string of the molecule is CN(C)C1CCN(c2ccc(NC(O)c3ccc(CSc4ccc(C(F)(F)F)cn4)o3)cc2)C1. The lowest BCUT2D eigenvalue weighted by molar-refractivity contribution is -0.137. The van der Waals surface area contributed by atoms with E-state index in [4.69, 9.17) is 4.42 Å². The predicted octanol–water partition coefficient (Wildman–Crippen LogP) is 5.23. The Morgan fingerprint density at radius 1 is 1.18 bits per heavy atom. The van der Waals surface area contributed by atoms with Gasteiger partial charge in [-0.05, 0) is 69.0 Å². The number of thioether (sulfide) groups is 1. The predicted molar refractivity (Wildman–Crippen MR) is 127 cm³/mol. The van der Waals surface area contributed by atoms with Gasteiger partial charge >= 0.3 is 6.18 Å². The van der Waals surface area contributed by atoms with Gasteiger partial charge in [-0.15, -0.1) is 0 Å². The number of aromatic nitrogens is 1. The highest BCUT2D eigenvalue weighted by Crippen LogP contribution is 2.31. The van der Waals surface area contributed by atoms with Crippen LogP contribution in [0.2, 0.25) is 0 Å². The fourth-order valence-electron chi connectivity index (χ4n) is 3.79. The highest BCUT2D eigenvalue weighted by Gasteiger charge is 2.30. The molecule has 0 amide bonds. The molecular weight excluding hydrogens is 465 g/mol. The Kier molecular flexibility index (Phi) is 7.39. The minimum absolute atomic E-state index is 0.355. The highest BCUT2D eigenvalue weighted by molar-refractivity contribution is 7.98. The highest BCUT2D eigenvalue weighted by atomic mass is 32.2. The maximum absolute atomic E-state index is 12.6. The van der Waals surface area contributed by atoms with Gasteiger partial charge < -0.3 is 24.6 Å². The molecule has 1 saturated heterocycles. The first kappa shape index (κ1) is 24.4. The zero-order chi connectivity index (χ0) is 24.3. The van der Waals surface area contributed by atoms with Crippen molar-refractivity contribution in [1.29, 1.82) is 0 Å². The van der Waals surface area contributed by atoms with Crippen molar-refractivity contribution in [3.63, 3.8) is 0 Å². The largest absolute Gasteiger partial charge is 0.460 e. The summed E-state index contributed by atoms with van der Waals surface area (Å²) in [6.07, 6.45) is -3.48. The molecule has 10 heteroatoms. The number of aliphatic hydroxyl groups is 1. The van der Waals surface area contributed by atoms with E-state index in [2.05, 4.69) is 34.2 Å². The molecule has 3 heterocycles. The van der Waals surface area contributed by atoms with Crippen LogP contribution in [0, 0.1) is 0 Å². The zero-order valence-electron chi connectivity index (χ0n) is 18.9. The van der Waals surface area contributed by atoms with Crippen LogP contribution in [0.5, 0.6) is 0 Å². The molecule has 34 heavy (non-hydrogen) atoms. The lowest BCUT2D eigenvalue weighted by Gasteiger charge is -2.22. The first-order chi connectivity index (χ1) is 16.2. The van der Waals surface area contributed by atoms with Crippen LogP contribution >= 0.6 is 11.8 Å². The van der Waals surface area contributed by atoms with Crippen LogP contribution in [0.4, 0.5) is 24.5 Å². The monoisotopic (exact) mass is 492 g/mol. The summed E-state index contributed by atoms with van der Waals surface area (Å²) >= 11 is 1.26. The molecule has 1 aliphatic heterocycles. The van der Waals surface area contributed by atoms with Gasteiger partial charge in [0.2, 0.25) is 0 Å². The number of halogens is 3. The van der Waals surface area contributed by atoms with E-state index in [0.29, 0.717) is 28.3 Å². The van der Waals surface area contributed by atoms with E-state index in [1.54, 1.807) is 12.1 Å². The third kappa shape index (κ3) is 6.05. The summed E-state index contributed by atoms with van der Waals surface area (Å²) in [5.74, 6) is 1.32. The van der Waals surface area contributed by atoms with Crippen LogP contribution in [-0.2, 0) is 11.9 Å². The minimum atomic E-state index is -4.40. The third-order valence-electron chi connectivity index (χ3n) is 5.81. The Labute approximate surface area is 200 Å². The minimum Gasteiger partial charge on any atom is -0.460 e. The number of furan rings is 1. The number of pyridine rings is 1. The molecule has 2 atom stereocenters. The number of alkyl halides is 3. The number of nitrogens with one attached hydrogen (secondary N) is 1. The van der Waals surface area contributed by atoms with Crippen molar-refractivity contribution in [1.82, 2.24) is 9.88 Å². The number of likely N-dealkylation sites (N-methyl/N-ethyl adjacent to an activating group) is 1. The van der Waals surface area contributed by atoms with Gasteiger partial charge in [-0.1, -0.05) is 11.8 Å². The topological polar surface area (TPSA) is 64.8 Å². The molecule has 0 aliphatic carbocycles. The third-order valence-corrected chi connectivity index (χ3v) is 6.77. The van der Waals surface area contributed by atoms with E-state index < -0.39 is 18.0 Å². The number of hydrogen-bond donors (Lipinski definition) is 2. The van der Waals surface area contributed by atoms with E-state index in [-0.39, 0.29) is 0 Å². The summed E-state index contributed by atoms with van der Waals surface area (Å²) in [6.45, 7) is 2.02. The van der Waals surface area contributed by atoms with Crippen LogP contribution in [0.15, 0.2) is 64.2 Å². The molecule has 4 rings (SSSR count). The first-order valence-corrected chi connectivity index (χ1v) is 11.9. The molecule has 2 aromatic heterocycles. The zero-order valence-corrected chi connectivity index (χ0v) is 19.7. The molecule has 2 unspecified atom stereocenters. The molecule has 1 aliphatic rings. The lowest BCUT2D eigenvalue weighted by Crippen LogP contribution is -2.31. The quantitative estimate of drug-likeness (QED) is 0.330. The van der Waals surface area contributed by atoms with Gasteiger partial charge in [-0.2, -0.15) is 13.2 Å². The van der Waals surface area contributed by atoms with Crippen LogP contribution in [0.25, 0.3) is 0 Å². The Bertz CT molecular complexity index is 1070. The smallest absolute Gasteiger partial charge is 0.417 e. The van der Waals surface area contributed by atoms with Crippen LogP contribution in [0.3, 0.4) is 0 Å². The standard InChI is InChI=1S/C24H27F3N4O2S/c1-30(2)19-11-12-31(14-19)18-6-4-17(5-7-18)29-23(32)21-9-8-20(33-21)15-34-22-10-3-16(13-28-22)24(25,26)27/h3-10,13,19,23,29,32H,11-12,14-15H2,1-2H3. The Hall–Kier alpha value is -2.69. The second-order valence-corrected chi connectivity index (χ2v) is 9.42. The van der Waals surface area contributed by atoms with Crippen molar-refractivity contribution in [3.8, 4) is 0 Å². The Morgan fingerprint density at radius 2 is 1.94 bits per heavy atom. The molecule has 6 nitrogen and oxygen atoms in total. The van der Waals surface area contributed by atoms with Crippen LogP contribution < -0.4 is 10.2 Å². The summed E-state index contributed by atoms with van der Waals surface area (Å²) in [6, 6.07) is 14.2. The van der Waals surface area contributed by atoms with Gasteiger partial charge in [0.05, 0.1) is 16.3 Å². The summed E-state index contributed by atoms with van der Waals surface area (Å²) in [7, 11) is 4.21. The number of hydrogen-bond acceptors (Lipinski definition) is 7. The fraction of sp³-hybridized carbons (Fsp3) is 0.375. The van der Waals surface area contributed by atoms with Crippen molar-refractivity contribution in [2.24, 2.45) is 0 Å². The Morgan fingerprint density at radius 3 is 2.56 bits per heavy atom. The van der Waals surface area contributed by atoms with Gasteiger partial charge in [0, 0.05) is 36.7 Å². The summed E-state index contributed by atoms with van der Waals surface area (Å²) in [4.78, 5) is 8.45. The van der Waals surface area contributed by atoms with E-state index in [0.717, 1.165) is 43.1 Å². The molecule has 0 radical (unpaired) electrons. The lowest BCUT2D eigenvalue weighted by atomic mass is 10.2. The summed E-state index contributed by atoms with van der Waals surface area (Å²) in [5.41, 5.74) is 1.14. The summed E-state index contributed by atoms with van der Waals surface area (Å²) in [5, 5.41) is 14.0. The number of rotatable bonds is 8. The van der Waals surface area contributed by atoms with Gasteiger partial charge in [0.15, 0.2) is 12.0 Å². The number of aliphatic hydroxyl groups excluding tert-OH is 1. The molecule has 182 valence electrons. The van der Waals surface area contributed by atoms with E-state index in [1.807, 2.05) is 24.3 Å². The normalized spacial score (nSPS) is 17.4. The van der Waals surface area contributed by atoms with Crippen molar-refractivity contribution < 1.29 is 22.7 Å². The van der Waals surface area contributed by atoms with E-state index in [1.165, 1.54) is 17.8 Å². The number of benzene rings is 1. The van der Waals surface area contributed by atoms with Crippen molar-refractivity contribution >= 4 is 23.1 Å². The van der Waals surface area contributed by atoms with Crippen molar-refractivity contribution in [2.75, 3.05) is 37.4 Å². The average molecular weight is 493 g/mol. The van der Waals surface area contributed by atoms with Crippen molar-refractivity contribution in [3.05, 3.63) is 71.8 Å². The summed E-state index contributed by atoms with van der Waals surface area (Å²) < 4.78 is 43.6. The molecule has 0 saturated carbocycles. The molecule has 3 aromatic rings. The molecule has 0 bridgehead atoms. The molecule has 1 aromatic carbocycles. The first-order valence-electron chi connectivity index (χ1n) is 10.9. The number of nitrogens with zero attached hydrogens (tertiary/aromatic N) is 3. The maximum Gasteiger partial charge on any atom is 0.417 e.